The maximum Gasteiger partial charge on any atom is 0.0980 e. The maximum atomic E-state index is 2.33. The molecule has 0 bridgehead atoms. The SMILES string of the molecule is CC(C)/C=C/C1Sc2ccccc2N1C. The van der Waals surface area contributed by atoms with Crippen molar-refractivity contribution in [2.75, 3.05) is 11.9 Å². The number of nitrogens with zero attached hydrogens (tertiary/aromatic N) is 1. The van der Waals surface area contributed by atoms with Gasteiger partial charge in [0.1, 0.15) is 0 Å². The number of likely N-dealkylation sites (N-methyl/N-ethyl adjacent to an activating group) is 1. The average molecular weight is 219 g/mol. The lowest BCUT2D eigenvalue weighted by Crippen LogP contribution is -2.22. The van der Waals surface area contributed by atoms with Crippen LogP contribution in [0.3, 0.4) is 0 Å². The van der Waals surface area contributed by atoms with Crippen LogP contribution in [0.15, 0.2) is 41.3 Å². The molecule has 1 aromatic rings. The molecule has 2 rings (SSSR count). The van der Waals surface area contributed by atoms with E-state index >= 15 is 0 Å². The summed E-state index contributed by atoms with van der Waals surface area (Å²) >= 11 is 1.93. The predicted molar refractivity (Wildman–Crippen MR) is 68.5 cm³/mol. The second-order valence-corrected chi connectivity index (χ2v) is 5.37. The van der Waals surface area contributed by atoms with Crippen LogP contribution in [0.25, 0.3) is 0 Å². The lowest BCUT2D eigenvalue weighted by Gasteiger charge is -2.18. The molecular formula is C13H17NS. The van der Waals surface area contributed by atoms with Crippen molar-refractivity contribution in [3.63, 3.8) is 0 Å². The molecule has 0 N–H and O–H groups in total. The molecule has 1 aromatic carbocycles. The molecule has 0 amide bonds. The summed E-state index contributed by atoms with van der Waals surface area (Å²) in [5.74, 6) is 0.628. The number of fused-ring (bicyclic) bond motifs is 1. The number of hydrogen-bond acceptors (Lipinski definition) is 2. The van der Waals surface area contributed by atoms with Crippen LogP contribution in [0.5, 0.6) is 0 Å². The smallest absolute Gasteiger partial charge is 0.0980 e. The lowest BCUT2D eigenvalue weighted by atomic mass is 10.2. The highest BCUT2D eigenvalue weighted by Crippen LogP contribution is 2.42. The Morgan fingerprint density at radius 2 is 2.07 bits per heavy atom. The van der Waals surface area contributed by atoms with Gasteiger partial charge >= 0.3 is 0 Å². The van der Waals surface area contributed by atoms with Crippen molar-refractivity contribution < 1.29 is 0 Å². The number of anilines is 1. The summed E-state index contributed by atoms with van der Waals surface area (Å²) in [5.41, 5.74) is 1.35. The molecule has 0 spiro atoms. The minimum atomic E-state index is 0.463. The fraction of sp³-hybridized carbons (Fsp3) is 0.385. The summed E-state index contributed by atoms with van der Waals surface area (Å²) in [6, 6.07) is 8.59. The van der Waals surface area contributed by atoms with Crippen LogP contribution in [-0.2, 0) is 0 Å². The third kappa shape index (κ3) is 2.20. The minimum absolute atomic E-state index is 0.463. The third-order valence-corrected chi connectivity index (χ3v) is 3.85. The summed E-state index contributed by atoms with van der Waals surface area (Å²) in [4.78, 5) is 3.72. The number of allylic oxidation sites excluding steroid dienone is 1. The number of benzene rings is 1. The van der Waals surface area contributed by atoms with E-state index in [1.807, 2.05) is 11.8 Å². The van der Waals surface area contributed by atoms with Gasteiger partial charge in [0.05, 0.1) is 11.1 Å². The van der Waals surface area contributed by atoms with Crippen molar-refractivity contribution in [3.8, 4) is 0 Å². The highest BCUT2D eigenvalue weighted by atomic mass is 32.2. The zero-order valence-electron chi connectivity index (χ0n) is 9.47. The summed E-state index contributed by atoms with van der Waals surface area (Å²) in [6.45, 7) is 4.42. The number of para-hydroxylation sites is 1. The van der Waals surface area contributed by atoms with Gasteiger partial charge in [-0.1, -0.05) is 49.9 Å². The van der Waals surface area contributed by atoms with Gasteiger partial charge in [0.25, 0.3) is 0 Å². The largest absolute Gasteiger partial charge is 0.358 e. The Kier molecular flexibility index (Phi) is 3.06. The zero-order chi connectivity index (χ0) is 10.8. The molecule has 80 valence electrons. The van der Waals surface area contributed by atoms with Gasteiger partial charge in [0.15, 0.2) is 0 Å². The highest BCUT2D eigenvalue weighted by Gasteiger charge is 2.24. The first-order valence-corrected chi connectivity index (χ1v) is 6.23. The maximum absolute atomic E-state index is 2.33. The summed E-state index contributed by atoms with van der Waals surface area (Å²) in [7, 11) is 2.16. The van der Waals surface area contributed by atoms with E-state index < -0.39 is 0 Å². The predicted octanol–water partition coefficient (Wildman–Crippen LogP) is 3.77. The van der Waals surface area contributed by atoms with Crippen molar-refractivity contribution in [1.29, 1.82) is 0 Å². The number of rotatable bonds is 2. The van der Waals surface area contributed by atoms with Gasteiger partial charge in [-0.2, -0.15) is 0 Å². The molecule has 2 heteroatoms. The van der Waals surface area contributed by atoms with Crippen LogP contribution < -0.4 is 4.90 Å². The first-order valence-electron chi connectivity index (χ1n) is 5.35. The van der Waals surface area contributed by atoms with Gasteiger partial charge < -0.3 is 4.90 Å². The van der Waals surface area contributed by atoms with E-state index in [0.717, 1.165) is 0 Å². The van der Waals surface area contributed by atoms with Crippen LogP contribution in [0, 0.1) is 5.92 Å². The summed E-state index contributed by atoms with van der Waals surface area (Å²) in [5, 5.41) is 0.463. The molecule has 1 nitrogen and oxygen atoms in total. The molecule has 1 aliphatic rings. The average Bonchev–Trinajstić information content (AvgIpc) is 2.54. The van der Waals surface area contributed by atoms with Gasteiger partial charge in [0.2, 0.25) is 0 Å². The van der Waals surface area contributed by atoms with Crippen molar-refractivity contribution in [3.05, 3.63) is 36.4 Å². The summed E-state index contributed by atoms with van der Waals surface area (Å²) < 4.78 is 0. The lowest BCUT2D eigenvalue weighted by molar-refractivity contribution is 0.822. The molecule has 0 saturated carbocycles. The molecule has 0 fully saturated rings. The van der Waals surface area contributed by atoms with Crippen molar-refractivity contribution in [2.45, 2.75) is 24.1 Å². The fourth-order valence-corrected chi connectivity index (χ4v) is 2.87. The van der Waals surface area contributed by atoms with Gasteiger partial charge in [-0.05, 0) is 18.1 Å². The van der Waals surface area contributed by atoms with Gasteiger partial charge in [-0.15, -0.1) is 0 Å². The molecule has 0 radical (unpaired) electrons. The Balaban J connectivity index is 2.16. The Morgan fingerprint density at radius 1 is 1.33 bits per heavy atom. The van der Waals surface area contributed by atoms with Crippen LogP contribution in [0.2, 0.25) is 0 Å². The quantitative estimate of drug-likeness (QED) is 0.697. The van der Waals surface area contributed by atoms with Crippen LogP contribution in [-0.4, -0.2) is 12.4 Å². The van der Waals surface area contributed by atoms with Crippen LogP contribution in [0.4, 0.5) is 5.69 Å². The van der Waals surface area contributed by atoms with E-state index in [4.69, 9.17) is 0 Å². The molecule has 0 aliphatic carbocycles. The van der Waals surface area contributed by atoms with Crippen molar-refractivity contribution in [1.82, 2.24) is 0 Å². The molecular weight excluding hydrogens is 202 g/mol. The van der Waals surface area contributed by atoms with E-state index in [2.05, 4.69) is 62.2 Å². The Bertz CT molecular complexity index is 371. The van der Waals surface area contributed by atoms with E-state index in [9.17, 15) is 0 Å². The van der Waals surface area contributed by atoms with E-state index in [1.54, 1.807) is 0 Å². The first-order chi connectivity index (χ1) is 7.18. The van der Waals surface area contributed by atoms with Gasteiger partial charge in [-0.25, -0.2) is 0 Å². The molecule has 1 unspecified atom stereocenters. The second kappa shape index (κ2) is 4.31. The Hall–Kier alpha value is -0.890. The first kappa shape index (κ1) is 10.6. The normalized spacial score (nSPS) is 20.3. The molecule has 1 heterocycles. The summed E-state index contributed by atoms with van der Waals surface area (Å²) in [6.07, 6.45) is 4.58. The van der Waals surface area contributed by atoms with Crippen LogP contribution >= 0.6 is 11.8 Å². The molecule has 1 atom stereocenters. The van der Waals surface area contributed by atoms with Crippen molar-refractivity contribution in [2.24, 2.45) is 5.92 Å². The van der Waals surface area contributed by atoms with E-state index in [0.29, 0.717) is 11.3 Å². The van der Waals surface area contributed by atoms with Gasteiger partial charge in [-0.3, -0.25) is 0 Å². The van der Waals surface area contributed by atoms with Gasteiger partial charge in [0, 0.05) is 11.9 Å². The number of hydrogen-bond donors (Lipinski definition) is 0. The Morgan fingerprint density at radius 3 is 2.73 bits per heavy atom. The topological polar surface area (TPSA) is 3.24 Å². The molecule has 0 aromatic heterocycles. The molecule has 1 aliphatic heterocycles. The second-order valence-electron chi connectivity index (χ2n) is 4.22. The standard InChI is InChI=1S/C13H17NS/c1-10(2)8-9-13-14(3)11-6-4-5-7-12(11)15-13/h4-10,13H,1-3H3/b9-8+. The zero-order valence-corrected chi connectivity index (χ0v) is 10.3. The molecule has 15 heavy (non-hydrogen) atoms. The number of thioether (sulfide) groups is 1. The monoisotopic (exact) mass is 219 g/mol. The van der Waals surface area contributed by atoms with Crippen LogP contribution in [0.1, 0.15) is 13.8 Å². The van der Waals surface area contributed by atoms with E-state index in [1.165, 1.54) is 10.6 Å². The minimum Gasteiger partial charge on any atom is -0.358 e. The third-order valence-electron chi connectivity index (χ3n) is 2.54. The van der Waals surface area contributed by atoms with Crippen molar-refractivity contribution >= 4 is 17.4 Å². The van der Waals surface area contributed by atoms with E-state index in [-0.39, 0.29) is 0 Å². The molecule has 0 saturated heterocycles. The fourth-order valence-electron chi connectivity index (χ4n) is 1.68. The highest BCUT2D eigenvalue weighted by molar-refractivity contribution is 8.00. The Labute approximate surface area is 96.2 Å².